The standard InChI is InChI=1S/C6H13N3O2/c1-2-4(6(8)11)9-5(10)3-7/h4H,2-3,7H2,1H3,(H2,8,11)(H,9,10). The number of nitrogens with two attached hydrogens (primary N) is 2. The number of hydrogen-bond acceptors (Lipinski definition) is 3. The molecular formula is C6H13N3O2. The second-order valence-corrected chi connectivity index (χ2v) is 2.13. The maximum atomic E-state index is 10.6. The molecule has 0 rings (SSSR count). The molecule has 0 bridgehead atoms. The van der Waals surface area contributed by atoms with Crippen molar-refractivity contribution in [3.05, 3.63) is 0 Å². The lowest BCUT2D eigenvalue weighted by molar-refractivity contribution is -0.126. The Morgan fingerprint density at radius 3 is 2.36 bits per heavy atom. The Morgan fingerprint density at radius 1 is 1.55 bits per heavy atom. The lowest BCUT2D eigenvalue weighted by atomic mass is 10.2. The first-order valence-corrected chi connectivity index (χ1v) is 3.40. The largest absolute Gasteiger partial charge is 0.368 e. The van der Waals surface area contributed by atoms with E-state index < -0.39 is 11.9 Å². The first-order chi connectivity index (χ1) is 5.11. The topological polar surface area (TPSA) is 98.2 Å². The molecule has 0 fully saturated rings. The molecule has 0 aliphatic rings. The molecule has 0 aromatic rings. The van der Waals surface area contributed by atoms with Crippen LogP contribution in [0.4, 0.5) is 0 Å². The van der Waals surface area contributed by atoms with Crippen molar-refractivity contribution in [2.24, 2.45) is 11.5 Å². The van der Waals surface area contributed by atoms with Crippen LogP contribution < -0.4 is 16.8 Å². The van der Waals surface area contributed by atoms with Crippen LogP contribution >= 0.6 is 0 Å². The average molecular weight is 159 g/mol. The highest BCUT2D eigenvalue weighted by atomic mass is 16.2. The van der Waals surface area contributed by atoms with E-state index in [0.29, 0.717) is 6.42 Å². The third kappa shape index (κ3) is 3.57. The maximum absolute atomic E-state index is 10.6. The molecule has 0 aromatic heterocycles. The van der Waals surface area contributed by atoms with E-state index in [0.717, 1.165) is 0 Å². The summed E-state index contributed by atoms with van der Waals surface area (Å²) >= 11 is 0. The fourth-order valence-electron chi connectivity index (χ4n) is 0.628. The molecule has 0 aromatic carbocycles. The van der Waals surface area contributed by atoms with E-state index in [9.17, 15) is 9.59 Å². The molecule has 5 N–H and O–H groups in total. The van der Waals surface area contributed by atoms with Gasteiger partial charge in [0.25, 0.3) is 0 Å². The molecule has 11 heavy (non-hydrogen) atoms. The lowest BCUT2D eigenvalue weighted by Gasteiger charge is -2.11. The van der Waals surface area contributed by atoms with E-state index in [2.05, 4.69) is 5.32 Å². The van der Waals surface area contributed by atoms with Crippen molar-refractivity contribution in [2.75, 3.05) is 6.54 Å². The smallest absolute Gasteiger partial charge is 0.239 e. The van der Waals surface area contributed by atoms with Crippen LogP contribution in [-0.2, 0) is 9.59 Å². The molecule has 0 aliphatic carbocycles. The molecular weight excluding hydrogens is 146 g/mol. The summed E-state index contributed by atoms with van der Waals surface area (Å²) in [6.07, 6.45) is 0.487. The van der Waals surface area contributed by atoms with Gasteiger partial charge in [0.15, 0.2) is 0 Å². The Bertz CT molecular complexity index is 158. The van der Waals surface area contributed by atoms with Gasteiger partial charge in [-0.1, -0.05) is 6.92 Å². The minimum Gasteiger partial charge on any atom is -0.368 e. The van der Waals surface area contributed by atoms with Gasteiger partial charge in [-0.3, -0.25) is 9.59 Å². The molecule has 0 saturated heterocycles. The SMILES string of the molecule is CCC(NC(=O)CN)C(N)=O. The molecule has 0 heterocycles. The molecule has 5 nitrogen and oxygen atoms in total. The second-order valence-electron chi connectivity index (χ2n) is 2.13. The maximum Gasteiger partial charge on any atom is 0.239 e. The van der Waals surface area contributed by atoms with E-state index in [1.807, 2.05) is 0 Å². The van der Waals surface area contributed by atoms with Crippen LogP contribution in [0.1, 0.15) is 13.3 Å². The zero-order valence-corrected chi connectivity index (χ0v) is 6.46. The van der Waals surface area contributed by atoms with Gasteiger partial charge in [0.2, 0.25) is 11.8 Å². The average Bonchev–Trinajstić information content (AvgIpc) is 1.99. The van der Waals surface area contributed by atoms with Gasteiger partial charge < -0.3 is 16.8 Å². The molecule has 5 heteroatoms. The monoisotopic (exact) mass is 159 g/mol. The highest BCUT2D eigenvalue weighted by Gasteiger charge is 2.13. The van der Waals surface area contributed by atoms with Crippen LogP contribution in [0.5, 0.6) is 0 Å². The van der Waals surface area contributed by atoms with Crippen LogP contribution in [0.3, 0.4) is 0 Å². The van der Waals surface area contributed by atoms with Crippen molar-refractivity contribution in [2.45, 2.75) is 19.4 Å². The number of hydrogen-bond donors (Lipinski definition) is 3. The zero-order chi connectivity index (χ0) is 8.85. The van der Waals surface area contributed by atoms with Crippen LogP contribution in [0.15, 0.2) is 0 Å². The Kier molecular flexibility index (Phi) is 4.21. The van der Waals surface area contributed by atoms with Gasteiger partial charge in [-0.25, -0.2) is 0 Å². The first kappa shape index (κ1) is 9.90. The van der Waals surface area contributed by atoms with Gasteiger partial charge >= 0.3 is 0 Å². The highest BCUT2D eigenvalue weighted by molar-refractivity contribution is 5.87. The quantitative estimate of drug-likeness (QED) is 0.457. The summed E-state index contributed by atoms with van der Waals surface area (Å²) in [7, 11) is 0. The third-order valence-corrected chi connectivity index (χ3v) is 1.27. The minimum absolute atomic E-state index is 0.121. The van der Waals surface area contributed by atoms with Gasteiger partial charge in [-0.05, 0) is 6.42 Å². The number of carbonyl (C=O) groups excluding carboxylic acids is 2. The van der Waals surface area contributed by atoms with Gasteiger partial charge in [0.1, 0.15) is 6.04 Å². The molecule has 0 spiro atoms. The van der Waals surface area contributed by atoms with Crippen LogP contribution in [0.2, 0.25) is 0 Å². The Labute approximate surface area is 65.1 Å². The number of rotatable bonds is 4. The van der Waals surface area contributed by atoms with Gasteiger partial charge in [0, 0.05) is 0 Å². The van der Waals surface area contributed by atoms with Crippen LogP contribution in [0, 0.1) is 0 Å². The van der Waals surface area contributed by atoms with Crippen LogP contribution in [-0.4, -0.2) is 24.4 Å². The molecule has 1 unspecified atom stereocenters. The second kappa shape index (κ2) is 4.68. The summed E-state index contributed by atoms with van der Waals surface area (Å²) in [5.74, 6) is -0.898. The molecule has 0 radical (unpaired) electrons. The van der Waals surface area contributed by atoms with E-state index in [1.54, 1.807) is 6.92 Å². The molecule has 0 saturated carbocycles. The van der Waals surface area contributed by atoms with E-state index in [4.69, 9.17) is 11.5 Å². The number of amides is 2. The van der Waals surface area contributed by atoms with Crippen molar-refractivity contribution >= 4 is 11.8 Å². The summed E-state index contributed by atoms with van der Waals surface area (Å²) in [4.78, 5) is 21.2. The summed E-state index contributed by atoms with van der Waals surface area (Å²) < 4.78 is 0. The van der Waals surface area contributed by atoms with Crippen molar-refractivity contribution in [3.63, 3.8) is 0 Å². The fraction of sp³-hybridized carbons (Fsp3) is 0.667. The number of primary amides is 1. The van der Waals surface area contributed by atoms with Crippen molar-refractivity contribution < 1.29 is 9.59 Å². The van der Waals surface area contributed by atoms with Gasteiger partial charge in [-0.2, -0.15) is 0 Å². The summed E-state index contributed by atoms with van der Waals surface area (Å²) in [6, 6.07) is -0.592. The predicted octanol–water partition coefficient (Wildman–Crippen LogP) is -1.67. The van der Waals surface area contributed by atoms with E-state index in [-0.39, 0.29) is 12.5 Å². The summed E-state index contributed by atoms with van der Waals surface area (Å²) in [6.45, 7) is 1.63. The molecule has 0 aliphatic heterocycles. The lowest BCUT2D eigenvalue weighted by Crippen LogP contribution is -2.46. The highest BCUT2D eigenvalue weighted by Crippen LogP contribution is 1.87. The van der Waals surface area contributed by atoms with Gasteiger partial charge in [-0.15, -0.1) is 0 Å². The minimum atomic E-state index is -0.592. The van der Waals surface area contributed by atoms with Crippen LogP contribution in [0.25, 0.3) is 0 Å². The Balaban J connectivity index is 3.88. The third-order valence-electron chi connectivity index (χ3n) is 1.27. The zero-order valence-electron chi connectivity index (χ0n) is 6.46. The fourth-order valence-corrected chi connectivity index (χ4v) is 0.628. The van der Waals surface area contributed by atoms with Crippen molar-refractivity contribution in [1.29, 1.82) is 0 Å². The molecule has 64 valence electrons. The number of carbonyl (C=O) groups is 2. The Hall–Kier alpha value is -1.10. The summed E-state index contributed by atoms with van der Waals surface area (Å²) in [5.41, 5.74) is 9.97. The van der Waals surface area contributed by atoms with Gasteiger partial charge in [0.05, 0.1) is 6.54 Å². The number of nitrogens with one attached hydrogen (secondary N) is 1. The Morgan fingerprint density at radius 2 is 2.09 bits per heavy atom. The van der Waals surface area contributed by atoms with E-state index in [1.165, 1.54) is 0 Å². The molecule has 1 atom stereocenters. The van der Waals surface area contributed by atoms with Crippen molar-refractivity contribution in [3.8, 4) is 0 Å². The van der Waals surface area contributed by atoms with E-state index >= 15 is 0 Å². The summed E-state index contributed by atoms with van der Waals surface area (Å²) in [5, 5.41) is 2.38. The first-order valence-electron chi connectivity index (χ1n) is 3.40. The molecule has 2 amide bonds. The normalized spacial score (nSPS) is 12.2. The predicted molar refractivity (Wildman–Crippen MR) is 40.5 cm³/mol. The van der Waals surface area contributed by atoms with Crippen molar-refractivity contribution in [1.82, 2.24) is 5.32 Å².